The molecule has 0 aliphatic heterocycles. The van der Waals surface area contributed by atoms with Crippen LogP contribution in [0.3, 0.4) is 0 Å². The number of aromatic nitrogens is 2. The van der Waals surface area contributed by atoms with Crippen molar-refractivity contribution in [3.63, 3.8) is 0 Å². The monoisotopic (exact) mass is 420 g/mol. The first-order valence-corrected chi connectivity index (χ1v) is 10.2. The molecule has 6 nitrogen and oxygen atoms in total. The van der Waals surface area contributed by atoms with Crippen molar-refractivity contribution in [1.82, 2.24) is 9.97 Å². The molecule has 0 aliphatic rings. The lowest BCUT2D eigenvalue weighted by Gasteiger charge is -2.07. The Labute approximate surface area is 184 Å². The summed E-state index contributed by atoms with van der Waals surface area (Å²) in [6, 6.07) is 22.8. The second-order valence-electron chi connectivity index (χ2n) is 7.76. The van der Waals surface area contributed by atoms with Crippen molar-refractivity contribution in [2.24, 2.45) is 10.2 Å². The molecule has 2 heterocycles. The molecule has 5 rings (SSSR count). The van der Waals surface area contributed by atoms with E-state index in [1.54, 1.807) is 6.07 Å². The van der Waals surface area contributed by atoms with Gasteiger partial charge in [-0.2, -0.15) is 0 Å². The van der Waals surface area contributed by atoms with Crippen LogP contribution in [0.1, 0.15) is 21.5 Å². The van der Waals surface area contributed by atoms with Gasteiger partial charge in [-0.05, 0) is 31.5 Å². The lowest BCUT2D eigenvalue weighted by Crippen LogP contribution is -1.99. The average molecular weight is 420 g/mol. The molecule has 6 heteroatoms. The summed E-state index contributed by atoms with van der Waals surface area (Å²) in [6.45, 7) is 3.95. The van der Waals surface area contributed by atoms with Crippen LogP contribution < -0.4 is 0 Å². The molecule has 0 saturated heterocycles. The number of para-hydroxylation sites is 2. The van der Waals surface area contributed by atoms with Crippen LogP contribution in [-0.4, -0.2) is 21.0 Å². The van der Waals surface area contributed by atoms with Crippen LogP contribution in [0.4, 0.5) is 5.69 Å². The molecular formula is C26H20N4O2. The van der Waals surface area contributed by atoms with Gasteiger partial charge in [-0.15, -0.1) is 10.2 Å². The topological polar surface area (TPSA) is 90.7 Å². The molecule has 0 aliphatic carbocycles. The SMILES string of the molecule is Cc1ccc(-c2cc(C(=O)N=Nc3c(O)[nH]c4c(C)cccc34)c3ccccc3n2)cc1. The van der Waals surface area contributed by atoms with Gasteiger partial charge in [0.05, 0.1) is 22.3 Å². The van der Waals surface area contributed by atoms with Gasteiger partial charge in [0.25, 0.3) is 5.91 Å². The summed E-state index contributed by atoms with van der Waals surface area (Å²) in [7, 11) is 0. The normalized spacial score (nSPS) is 11.6. The maximum Gasteiger partial charge on any atom is 0.296 e. The Kier molecular flexibility index (Phi) is 4.75. The Morgan fingerprint density at radius 2 is 1.69 bits per heavy atom. The van der Waals surface area contributed by atoms with E-state index in [4.69, 9.17) is 4.98 Å². The molecule has 32 heavy (non-hydrogen) atoms. The number of benzene rings is 3. The number of carbonyl (C=O) groups is 1. The van der Waals surface area contributed by atoms with Crippen molar-refractivity contribution in [2.45, 2.75) is 13.8 Å². The molecule has 0 bridgehead atoms. The number of fused-ring (bicyclic) bond motifs is 2. The zero-order valence-electron chi connectivity index (χ0n) is 17.6. The van der Waals surface area contributed by atoms with E-state index in [0.717, 1.165) is 22.2 Å². The number of H-pyrrole nitrogens is 1. The summed E-state index contributed by atoms with van der Waals surface area (Å²) in [6.07, 6.45) is 0. The smallest absolute Gasteiger partial charge is 0.296 e. The van der Waals surface area contributed by atoms with E-state index in [-0.39, 0.29) is 11.6 Å². The van der Waals surface area contributed by atoms with Crippen LogP contribution in [0, 0.1) is 13.8 Å². The number of nitrogens with one attached hydrogen (secondary N) is 1. The number of nitrogens with zero attached hydrogens (tertiary/aromatic N) is 3. The van der Waals surface area contributed by atoms with Gasteiger partial charge in [-0.1, -0.05) is 66.2 Å². The van der Waals surface area contributed by atoms with Crippen molar-refractivity contribution in [3.8, 4) is 17.1 Å². The first-order valence-electron chi connectivity index (χ1n) is 10.2. The fraction of sp³-hybridized carbons (Fsp3) is 0.0769. The molecule has 3 aromatic carbocycles. The van der Waals surface area contributed by atoms with Crippen LogP contribution in [0.2, 0.25) is 0 Å². The number of hydrogen-bond donors (Lipinski definition) is 2. The molecule has 156 valence electrons. The van der Waals surface area contributed by atoms with Gasteiger partial charge in [0, 0.05) is 16.3 Å². The predicted octanol–water partition coefficient (Wildman–Crippen LogP) is 6.63. The van der Waals surface area contributed by atoms with Gasteiger partial charge in [0.2, 0.25) is 5.88 Å². The third-order valence-electron chi connectivity index (χ3n) is 5.53. The average Bonchev–Trinajstić information content (AvgIpc) is 3.13. The van der Waals surface area contributed by atoms with E-state index in [1.165, 1.54) is 0 Å². The maximum absolute atomic E-state index is 13.1. The van der Waals surface area contributed by atoms with Gasteiger partial charge in [-0.25, -0.2) is 4.98 Å². The summed E-state index contributed by atoms with van der Waals surface area (Å²) < 4.78 is 0. The Bertz CT molecular complexity index is 1510. The molecule has 2 N–H and O–H groups in total. The van der Waals surface area contributed by atoms with E-state index in [0.29, 0.717) is 27.5 Å². The summed E-state index contributed by atoms with van der Waals surface area (Å²) in [4.78, 5) is 20.8. The summed E-state index contributed by atoms with van der Waals surface area (Å²) in [5.74, 6) is -0.621. The lowest BCUT2D eigenvalue weighted by molar-refractivity contribution is 0.0996. The second kappa shape index (κ2) is 7.74. The predicted molar refractivity (Wildman–Crippen MR) is 125 cm³/mol. The number of aromatic hydroxyl groups is 1. The van der Waals surface area contributed by atoms with Crippen LogP contribution in [0.5, 0.6) is 5.88 Å². The minimum absolute atomic E-state index is 0.120. The largest absolute Gasteiger partial charge is 0.493 e. The van der Waals surface area contributed by atoms with E-state index in [2.05, 4.69) is 15.2 Å². The number of aromatic amines is 1. The van der Waals surface area contributed by atoms with Gasteiger partial charge in [0.1, 0.15) is 0 Å². The first-order chi connectivity index (χ1) is 15.5. The van der Waals surface area contributed by atoms with Crippen molar-refractivity contribution >= 4 is 33.4 Å². The van der Waals surface area contributed by atoms with E-state index >= 15 is 0 Å². The minimum Gasteiger partial charge on any atom is -0.493 e. The Morgan fingerprint density at radius 1 is 0.938 bits per heavy atom. The molecule has 0 atom stereocenters. The van der Waals surface area contributed by atoms with E-state index in [9.17, 15) is 9.90 Å². The van der Waals surface area contributed by atoms with Gasteiger partial charge >= 0.3 is 0 Å². The molecule has 0 unspecified atom stereocenters. The number of amides is 1. The zero-order valence-corrected chi connectivity index (χ0v) is 17.6. The fourth-order valence-corrected chi connectivity index (χ4v) is 3.81. The Morgan fingerprint density at radius 3 is 2.50 bits per heavy atom. The molecular weight excluding hydrogens is 400 g/mol. The minimum atomic E-state index is -0.502. The highest BCUT2D eigenvalue weighted by Gasteiger charge is 2.16. The summed E-state index contributed by atoms with van der Waals surface area (Å²) >= 11 is 0. The molecule has 2 aromatic heterocycles. The highest BCUT2D eigenvalue weighted by atomic mass is 16.3. The molecule has 1 amide bonds. The third kappa shape index (κ3) is 3.41. The highest BCUT2D eigenvalue weighted by Crippen LogP contribution is 2.37. The van der Waals surface area contributed by atoms with Crippen LogP contribution >= 0.6 is 0 Å². The molecule has 0 radical (unpaired) electrons. The quantitative estimate of drug-likeness (QED) is 0.321. The zero-order chi connectivity index (χ0) is 22.2. The van der Waals surface area contributed by atoms with E-state index in [1.807, 2.05) is 80.6 Å². The van der Waals surface area contributed by atoms with Crippen molar-refractivity contribution < 1.29 is 9.90 Å². The van der Waals surface area contributed by atoms with Crippen molar-refractivity contribution in [1.29, 1.82) is 0 Å². The lowest BCUT2D eigenvalue weighted by atomic mass is 10.0. The number of pyridine rings is 1. The van der Waals surface area contributed by atoms with E-state index < -0.39 is 5.91 Å². The number of aryl methyl sites for hydroxylation is 2. The summed E-state index contributed by atoms with van der Waals surface area (Å²) in [5, 5.41) is 19.8. The van der Waals surface area contributed by atoms with Gasteiger partial charge in [0.15, 0.2) is 5.69 Å². The molecule has 0 saturated carbocycles. The Hall–Kier alpha value is -4.32. The third-order valence-corrected chi connectivity index (χ3v) is 5.53. The highest BCUT2D eigenvalue weighted by molar-refractivity contribution is 6.07. The number of azo groups is 1. The van der Waals surface area contributed by atoms with Gasteiger partial charge < -0.3 is 10.1 Å². The van der Waals surface area contributed by atoms with Crippen LogP contribution in [0.25, 0.3) is 33.1 Å². The fourth-order valence-electron chi connectivity index (χ4n) is 3.81. The van der Waals surface area contributed by atoms with Crippen LogP contribution in [0.15, 0.2) is 83.0 Å². The standard InChI is InChI=1S/C26H20N4O2/c1-15-10-12-17(13-11-15)22-14-20(18-7-3-4-9-21(18)27-22)25(31)30-29-24-19-8-5-6-16(2)23(19)28-26(24)32/h3-14,28,32H,1-2H3. The maximum atomic E-state index is 13.1. The summed E-state index contributed by atoms with van der Waals surface area (Å²) in [5.41, 5.74) is 5.84. The molecule has 0 fully saturated rings. The Balaban J connectivity index is 1.60. The van der Waals surface area contributed by atoms with Crippen LogP contribution in [-0.2, 0) is 0 Å². The number of hydrogen-bond acceptors (Lipinski definition) is 4. The number of carbonyl (C=O) groups excluding carboxylic acids is 1. The van der Waals surface area contributed by atoms with Crippen molar-refractivity contribution in [3.05, 3.63) is 89.5 Å². The molecule has 0 spiro atoms. The molecule has 5 aromatic rings. The first kappa shape index (κ1) is 19.6. The van der Waals surface area contributed by atoms with Gasteiger partial charge in [-0.3, -0.25) is 4.79 Å². The second-order valence-corrected chi connectivity index (χ2v) is 7.76. The number of rotatable bonds is 3. The van der Waals surface area contributed by atoms with Crippen molar-refractivity contribution in [2.75, 3.05) is 0 Å².